The first kappa shape index (κ1) is 18.6. The first-order valence-corrected chi connectivity index (χ1v) is 9.64. The molecule has 0 spiro atoms. The van der Waals surface area contributed by atoms with Crippen molar-refractivity contribution in [2.45, 2.75) is 6.42 Å². The van der Waals surface area contributed by atoms with Crippen molar-refractivity contribution in [3.63, 3.8) is 0 Å². The van der Waals surface area contributed by atoms with Crippen molar-refractivity contribution in [1.29, 1.82) is 0 Å². The molecule has 142 valence electrons. The van der Waals surface area contributed by atoms with E-state index in [0.717, 1.165) is 10.5 Å². The van der Waals surface area contributed by atoms with Crippen molar-refractivity contribution in [2.24, 2.45) is 0 Å². The minimum Gasteiger partial charge on any atom is -0.506 e. The second kappa shape index (κ2) is 6.72. The van der Waals surface area contributed by atoms with Crippen LogP contribution in [-0.4, -0.2) is 20.4 Å². The normalized spacial score (nSPS) is 11.4. The highest BCUT2D eigenvalue weighted by Gasteiger charge is 2.21. The molecule has 0 radical (unpaired) electrons. The molecule has 2 aromatic carbocycles. The number of hydrogen-bond acceptors (Lipinski definition) is 6. The summed E-state index contributed by atoms with van der Waals surface area (Å²) >= 11 is 6.69. The number of phenols is 4. The Bertz CT molecular complexity index is 1280. The lowest BCUT2D eigenvalue weighted by molar-refractivity contribution is 0.403. The monoisotopic (exact) mass is 506 g/mol. The van der Waals surface area contributed by atoms with Gasteiger partial charge in [0.1, 0.15) is 17.1 Å². The summed E-state index contributed by atoms with van der Waals surface area (Å²) in [6, 6.07) is 8.49. The van der Waals surface area contributed by atoms with E-state index >= 15 is 0 Å². The molecular weight excluding hydrogens is 496 g/mol. The third kappa shape index (κ3) is 3.08. The molecule has 6 nitrogen and oxygen atoms in total. The van der Waals surface area contributed by atoms with Crippen molar-refractivity contribution in [3.8, 4) is 34.3 Å². The summed E-state index contributed by atoms with van der Waals surface area (Å²) in [4.78, 5) is 11.9. The molecule has 1 aliphatic carbocycles. The molecule has 0 unspecified atom stereocenters. The Hall–Kier alpha value is -2.71. The van der Waals surface area contributed by atoms with Crippen LogP contribution in [-0.2, 0) is 6.42 Å². The average molecular weight is 508 g/mol. The molecule has 0 fully saturated rings. The van der Waals surface area contributed by atoms with Gasteiger partial charge in [-0.15, -0.1) is 0 Å². The molecule has 28 heavy (non-hydrogen) atoms. The van der Waals surface area contributed by atoms with Gasteiger partial charge < -0.3 is 24.8 Å². The predicted molar refractivity (Wildman–Crippen MR) is 110 cm³/mol. The highest BCUT2D eigenvalue weighted by atomic mass is 79.9. The number of rotatable bonds is 2. The van der Waals surface area contributed by atoms with E-state index in [9.17, 15) is 25.2 Å². The lowest BCUT2D eigenvalue weighted by Crippen LogP contribution is -2.03. The number of hydrogen-bond donors (Lipinski definition) is 4. The number of benzene rings is 3. The van der Waals surface area contributed by atoms with Gasteiger partial charge in [0.2, 0.25) is 5.43 Å². The summed E-state index contributed by atoms with van der Waals surface area (Å²) in [7, 11) is 0. The Labute approximate surface area is 174 Å². The Morgan fingerprint density at radius 3 is 2.32 bits per heavy atom. The predicted octanol–water partition coefficient (Wildman–Crippen LogP) is 4.84. The van der Waals surface area contributed by atoms with Crippen LogP contribution in [0.15, 0.2) is 54.6 Å². The quantitative estimate of drug-likeness (QED) is 0.228. The largest absolute Gasteiger partial charge is 0.506 e. The summed E-state index contributed by atoms with van der Waals surface area (Å²) in [5.74, 6) is -0.892. The maximum absolute atomic E-state index is 11.9. The second-order valence-corrected chi connectivity index (χ2v) is 8.08. The van der Waals surface area contributed by atoms with Crippen LogP contribution in [0.3, 0.4) is 0 Å². The zero-order valence-electron chi connectivity index (χ0n) is 14.0. The number of fused-ring (bicyclic) bond motifs is 2. The third-order valence-electron chi connectivity index (χ3n) is 4.48. The summed E-state index contributed by atoms with van der Waals surface area (Å²) in [6.45, 7) is 0. The minimum atomic E-state index is -0.599. The van der Waals surface area contributed by atoms with Gasteiger partial charge in [-0.25, -0.2) is 0 Å². The summed E-state index contributed by atoms with van der Waals surface area (Å²) in [5, 5.41) is 40.6. The zero-order chi connectivity index (χ0) is 20.2. The SMILES string of the molecule is O=c1cc2oc3cc(O)c(O)cc3c(Cc3cc(Br)cc(Br)c3O)c-2cc1O. The Morgan fingerprint density at radius 2 is 1.57 bits per heavy atom. The van der Waals surface area contributed by atoms with E-state index < -0.39 is 11.2 Å². The molecule has 1 aliphatic heterocycles. The van der Waals surface area contributed by atoms with Crippen molar-refractivity contribution >= 4 is 42.8 Å². The van der Waals surface area contributed by atoms with Gasteiger partial charge in [-0.2, -0.15) is 0 Å². The highest BCUT2D eigenvalue weighted by molar-refractivity contribution is 9.11. The maximum atomic E-state index is 11.9. The fourth-order valence-electron chi connectivity index (χ4n) is 3.15. The fourth-order valence-corrected chi connectivity index (χ4v) is 4.46. The van der Waals surface area contributed by atoms with E-state index in [-0.39, 0.29) is 35.0 Å². The van der Waals surface area contributed by atoms with Gasteiger partial charge in [0.05, 0.1) is 4.47 Å². The number of halogens is 2. The fraction of sp³-hybridized carbons (Fsp3) is 0.0500. The molecule has 2 aromatic rings. The zero-order valence-corrected chi connectivity index (χ0v) is 17.2. The molecule has 1 heterocycles. The van der Waals surface area contributed by atoms with Crippen LogP contribution in [0.1, 0.15) is 11.1 Å². The standard InChI is InChI=1S/C20H12Br2O6/c21-9-1-8(20(27)13(22)3-9)2-10-11-4-14(23)16(25)6-18(11)28-19-7-17(26)15(24)5-12(10)19/h1,3-7,23-25,27H,2H2. The minimum absolute atomic E-state index is 0.0398. The Kier molecular flexibility index (Phi) is 4.47. The van der Waals surface area contributed by atoms with Gasteiger partial charge >= 0.3 is 0 Å². The third-order valence-corrected chi connectivity index (χ3v) is 5.54. The molecule has 4 N–H and O–H groups in total. The topological polar surface area (TPSA) is 111 Å². The maximum Gasteiger partial charge on any atom is 0.223 e. The van der Waals surface area contributed by atoms with Crippen LogP contribution in [0.25, 0.3) is 22.3 Å². The molecule has 0 saturated carbocycles. The van der Waals surface area contributed by atoms with E-state index in [2.05, 4.69) is 31.9 Å². The molecule has 0 amide bonds. The van der Waals surface area contributed by atoms with E-state index in [1.165, 1.54) is 18.2 Å². The van der Waals surface area contributed by atoms with Crippen LogP contribution < -0.4 is 5.43 Å². The van der Waals surface area contributed by atoms with Crippen molar-refractivity contribution in [2.75, 3.05) is 0 Å². The average Bonchev–Trinajstić information content (AvgIpc) is 2.62. The van der Waals surface area contributed by atoms with E-state index in [1.807, 2.05) is 0 Å². The number of phenolic OH excluding ortho intramolecular Hbond substituents is 4. The summed E-state index contributed by atoms with van der Waals surface area (Å²) < 4.78 is 6.95. The van der Waals surface area contributed by atoms with Gasteiger partial charge in [-0.3, -0.25) is 4.79 Å². The highest BCUT2D eigenvalue weighted by Crippen LogP contribution is 2.41. The lowest BCUT2D eigenvalue weighted by Gasteiger charge is -2.17. The van der Waals surface area contributed by atoms with E-state index in [0.29, 0.717) is 26.5 Å². The Morgan fingerprint density at radius 1 is 0.857 bits per heavy atom. The van der Waals surface area contributed by atoms with Gasteiger partial charge in [-0.05, 0) is 45.8 Å². The van der Waals surface area contributed by atoms with Gasteiger partial charge in [0, 0.05) is 39.5 Å². The molecule has 0 bridgehead atoms. The van der Waals surface area contributed by atoms with Gasteiger partial charge in [-0.1, -0.05) is 15.9 Å². The van der Waals surface area contributed by atoms with Crippen molar-refractivity contribution in [1.82, 2.24) is 0 Å². The van der Waals surface area contributed by atoms with Crippen molar-refractivity contribution in [3.05, 3.63) is 66.7 Å². The molecule has 4 rings (SSSR count). The molecule has 0 saturated heterocycles. The van der Waals surface area contributed by atoms with Crippen LogP contribution in [0.5, 0.6) is 23.0 Å². The van der Waals surface area contributed by atoms with E-state index in [1.54, 1.807) is 12.1 Å². The van der Waals surface area contributed by atoms with Gasteiger partial charge in [0.15, 0.2) is 17.2 Å². The number of aromatic hydroxyl groups is 4. The summed E-state index contributed by atoms with van der Waals surface area (Å²) in [5.41, 5.74) is 1.26. The van der Waals surface area contributed by atoms with Crippen LogP contribution in [0, 0.1) is 0 Å². The smallest absolute Gasteiger partial charge is 0.223 e. The van der Waals surface area contributed by atoms with Crippen LogP contribution in [0.2, 0.25) is 0 Å². The Balaban J connectivity index is 2.08. The second-order valence-electron chi connectivity index (χ2n) is 6.31. The molecule has 0 aromatic heterocycles. The first-order chi connectivity index (χ1) is 13.2. The van der Waals surface area contributed by atoms with Crippen LogP contribution in [0.4, 0.5) is 0 Å². The van der Waals surface area contributed by atoms with E-state index in [4.69, 9.17) is 4.42 Å². The molecule has 2 aliphatic rings. The van der Waals surface area contributed by atoms with Crippen molar-refractivity contribution < 1.29 is 24.8 Å². The first-order valence-electron chi connectivity index (χ1n) is 8.06. The summed E-state index contributed by atoms with van der Waals surface area (Å²) in [6.07, 6.45) is 0.203. The molecule has 8 heteroatoms. The van der Waals surface area contributed by atoms with Crippen LogP contribution >= 0.6 is 31.9 Å². The molecular formula is C20H12Br2O6. The molecule has 0 atom stereocenters. The lowest BCUT2D eigenvalue weighted by atomic mass is 9.93. The van der Waals surface area contributed by atoms with Gasteiger partial charge in [0.25, 0.3) is 0 Å².